The van der Waals surface area contributed by atoms with Gasteiger partial charge in [-0.2, -0.15) is 5.10 Å². The molecular formula is C24H20F2N6O2. The van der Waals surface area contributed by atoms with Crippen LogP contribution in [0.4, 0.5) is 8.78 Å². The third-order valence-electron chi connectivity index (χ3n) is 7.20. The lowest BCUT2D eigenvalue weighted by atomic mass is 9.36. The molecule has 2 bridgehead atoms. The van der Waals surface area contributed by atoms with Crippen LogP contribution in [0.25, 0.3) is 33.5 Å². The summed E-state index contributed by atoms with van der Waals surface area (Å²) >= 11 is 0. The number of aromatic nitrogens is 5. The molecule has 0 saturated heterocycles. The van der Waals surface area contributed by atoms with E-state index in [9.17, 15) is 13.6 Å². The van der Waals surface area contributed by atoms with Gasteiger partial charge in [0.25, 0.3) is 0 Å². The lowest BCUT2D eigenvalue weighted by molar-refractivity contribution is -0.173. The second-order valence-electron chi connectivity index (χ2n) is 9.02. The number of rotatable bonds is 5. The van der Waals surface area contributed by atoms with E-state index < -0.39 is 17.0 Å². The van der Waals surface area contributed by atoms with Crippen LogP contribution < -0.4 is 10.5 Å². The van der Waals surface area contributed by atoms with E-state index in [-0.39, 0.29) is 17.4 Å². The first-order valence-corrected chi connectivity index (χ1v) is 10.8. The summed E-state index contributed by atoms with van der Waals surface area (Å²) in [4.78, 5) is 25.9. The number of pyridine rings is 1. The van der Waals surface area contributed by atoms with E-state index >= 15 is 0 Å². The van der Waals surface area contributed by atoms with Gasteiger partial charge in [-0.1, -0.05) is 0 Å². The van der Waals surface area contributed by atoms with Crippen molar-refractivity contribution in [2.75, 3.05) is 7.11 Å². The molecule has 0 radical (unpaired) electrons. The van der Waals surface area contributed by atoms with Crippen LogP contribution >= 0.6 is 0 Å². The van der Waals surface area contributed by atoms with E-state index in [1.807, 2.05) is 0 Å². The Kier molecular flexibility index (Phi) is 4.26. The van der Waals surface area contributed by atoms with Gasteiger partial charge in [-0.25, -0.2) is 23.7 Å². The van der Waals surface area contributed by atoms with Crippen LogP contribution in [0.15, 0.2) is 36.8 Å². The Labute approximate surface area is 192 Å². The highest BCUT2D eigenvalue weighted by Gasteiger charge is 2.70. The highest BCUT2D eigenvalue weighted by Crippen LogP contribution is 2.73. The van der Waals surface area contributed by atoms with Gasteiger partial charge in [-0.15, -0.1) is 0 Å². The Hall–Kier alpha value is -3.95. The molecule has 4 aromatic rings. The first-order valence-electron chi connectivity index (χ1n) is 10.8. The van der Waals surface area contributed by atoms with Gasteiger partial charge in [-0.05, 0) is 30.9 Å². The van der Waals surface area contributed by atoms with E-state index in [0.717, 1.165) is 18.9 Å². The normalized spacial score (nSPS) is 22.8. The van der Waals surface area contributed by atoms with Crippen molar-refractivity contribution < 1.29 is 18.3 Å². The molecule has 10 heteroatoms. The van der Waals surface area contributed by atoms with Gasteiger partial charge in [-0.3, -0.25) is 9.48 Å². The van der Waals surface area contributed by atoms with Gasteiger partial charge < -0.3 is 10.5 Å². The number of nitrogens with zero attached hydrogens (tertiary/aromatic N) is 5. The number of halogens is 2. The maximum Gasteiger partial charge on any atom is 0.224 e. The molecule has 34 heavy (non-hydrogen) atoms. The topological polar surface area (TPSA) is 109 Å². The Balaban J connectivity index is 1.56. The number of aryl methyl sites for hydroxylation is 1. The van der Waals surface area contributed by atoms with Crippen LogP contribution in [0.5, 0.6) is 5.75 Å². The predicted molar refractivity (Wildman–Crippen MR) is 119 cm³/mol. The first kappa shape index (κ1) is 20.6. The van der Waals surface area contributed by atoms with Gasteiger partial charge in [0.2, 0.25) is 5.91 Å². The van der Waals surface area contributed by atoms with Crippen molar-refractivity contribution in [3.05, 3.63) is 54.1 Å². The minimum absolute atomic E-state index is 0.125. The second-order valence-corrected chi connectivity index (χ2v) is 9.02. The number of hydrogen-bond donors (Lipinski definition) is 1. The fourth-order valence-corrected chi connectivity index (χ4v) is 5.44. The highest BCUT2D eigenvalue weighted by molar-refractivity contribution is 5.94. The highest BCUT2D eigenvalue weighted by atomic mass is 19.1. The molecule has 8 nitrogen and oxygen atoms in total. The van der Waals surface area contributed by atoms with Crippen LogP contribution in [-0.4, -0.2) is 37.7 Å². The van der Waals surface area contributed by atoms with Crippen molar-refractivity contribution in [1.29, 1.82) is 0 Å². The number of nitrogens with two attached hydrogens (primary N) is 1. The summed E-state index contributed by atoms with van der Waals surface area (Å²) < 4.78 is 35.3. The number of amides is 1. The number of fused-ring (bicyclic) bond motifs is 1. The fourth-order valence-electron chi connectivity index (χ4n) is 5.44. The van der Waals surface area contributed by atoms with Crippen LogP contribution in [0.3, 0.4) is 0 Å². The minimum atomic E-state index is -0.730. The number of carbonyl (C=O) groups excluding carboxylic acids is 1. The molecule has 7 rings (SSSR count). The fraction of sp³-hybridized carbons (Fsp3) is 0.292. The van der Waals surface area contributed by atoms with Gasteiger partial charge in [0.15, 0.2) is 0 Å². The van der Waals surface area contributed by atoms with Crippen LogP contribution in [-0.2, 0) is 11.8 Å². The molecule has 1 amide bonds. The van der Waals surface area contributed by atoms with E-state index in [4.69, 9.17) is 15.5 Å². The predicted octanol–water partition coefficient (Wildman–Crippen LogP) is 3.36. The van der Waals surface area contributed by atoms with Crippen molar-refractivity contribution in [3.8, 4) is 28.3 Å². The number of methoxy groups -OCH3 is 1. The summed E-state index contributed by atoms with van der Waals surface area (Å²) in [6, 6.07) is 5.12. The van der Waals surface area contributed by atoms with Gasteiger partial charge in [0, 0.05) is 42.4 Å². The first-order chi connectivity index (χ1) is 16.3. The monoisotopic (exact) mass is 462 g/mol. The van der Waals surface area contributed by atoms with E-state index in [1.165, 1.54) is 23.1 Å². The zero-order valence-corrected chi connectivity index (χ0v) is 18.4. The summed E-state index contributed by atoms with van der Waals surface area (Å²) in [7, 11) is 3.25. The summed E-state index contributed by atoms with van der Waals surface area (Å²) in [5.41, 5.74) is 8.20. The smallest absolute Gasteiger partial charge is 0.224 e. The molecule has 172 valence electrons. The number of hydrogen-bond acceptors (Lipinski definition) is 6. The van der Waals surface area contributed by atoms with Crippen molar-refractivity contribution in [3.63, 3.8) is 0 Å². The third kappa shape index (κ3) is 2.71. The van der Waals surface area contributed by atoms with Gasteiger partial charge in [0.05, 0.1) is 23.7 Å². The number of benzene rings is 1. The minimum Gasteiger partial charge on any atom is -0.495 e. The molecule has 1 aromatic carbocycles. The molecule has 3 aliphatic carbocycles. The SMILES string of the molecule is COc1cc2ncnc(-c3cn(C)nc3-c3ccc(F)cc3F)c2nc1C1C2CC1(C(N)=O)C2. The lowest BCUT2D eigenvalue weighted by Crippen LogP contribution is -2.65. The lowest BCUT2D eigenvalue weighted by Gasteiger charge is -2.66. The summed E-state index contributed by atoms with van der Waals surface area (Å²) in [5, 5.41) is 4.41. The summed E-state index contributed by atoms with van der Waals surface area (Å²) in [6.45, 7) is 0. The van der Waals surface area contributed by atoms with Crippen molar-refractivity contribution in [1.82, 2.24) is 24.7 Å². The maximum absolute atomic E-state index is 14.6. The van der Waals surface area contributed by atoms with E-state index in [0.29, 0.717) is 45.3 Å². The Bertz CT molecular complexity index is 1490. The quantitative estimate of drug-likeness (QED) is 0.487. The van der Waals surface area contributed by atoms with E-state index in [1.54, 1.807) is 26.4 Å². The molecular weight excluding hydrogens is 442 g/mol. The molecule has 0 spiro atoms. The molecule has 1 atom stereocenters. The third-order valence-corrected chi connectivity index (χ3v) is 7.20. The van der Waals surface area contributed by atoms with Crippen molar-refractivity contribution in [2.45, 2.75) is 18.8 Å². The largest absolute Gasteiger partial charge is 0.495 e. The summed E-state index contributed by atoms with van der Waals surface area (Å²) in [6.07, 6.45) is 4.61. The standard InChI is InChI=1S/C24H20F2N6O2/c1-32-9-14(19(31-32)13-4-3-12(25)5-15(13)26)20-21-16(28-10-29-20)6-17(34-2)22(30-21)18-11-7-24(18,8-11)23(27)33/h3-6,9-11,18H,7-8H2,1-2H3,(H2,27,33). The zero-order valence-electron chi connectivity index (χ0n) is 18.4. The Morgan fingerprint density at radius 3 is 2.62 bits per heavy atom. The molecule has 3 aromatic heterocycles. The van der Waals surface area contributed by atoms with Gasteiger partial charge in [0.1, 0.15) is 40.6 Å². The van der Waals surface area contributed by atoms with E-state index in [2.05, 4.69) is 15.1 Å². The molecule has 1 unspecified atom stereocenters. The Morgan fingerprint density at radius 2 is 1.97 bits per heavy atom. The van der Waals surface area contributed by atoms with Crippen LogP contribution in [0, 0.1) is 23.0 Å². The molecule has 3 saturated carbocycles. The molecule has 0 aliphatic heterocycles. The number of carbonyl (C=O) groups is 1. The summed E-state index contributed by atoms with van der Waals surface area (Å²) in [5.74, 6) is -0.997. The van der Waals surface area contributed by atoms with Crippen molar-refractivity contribution >= 4 is 16.9 Å². The zero-order chi connectivity index (χ0) is 23.8. The number of primary amides is 1. The maximum atomic E-state index is 14.6. The molecule has 3 aliphatic rings. The average Bonchev–Trinajstić information content (AvgIpc) is 3.11. The second kappa shape index (κ2) is 7.02. The molecule has 2 N–H and O–H groups in total. The Morgan fingerprint density at radius 1 is 1.18 bits per heavy atom. The molecule has 3 heterocycles. The average molecular weight is 462 g/mol. The van der Waals surface area contributed by atoms with Crippen LogP contribution in [0.1, 0.15) is 24.5 Å². The van der Waals surface area contributed by atoms with Crippen LogP contribution in [0.2, 0.25) is 0 Å². The van der Waals surface area contributed by atoms with Gasteiger partial charge >= 0.3 is 0 Å². The number of ether oxygens (including phenoxy) is 1. The van der Waals surface area contributed by atoms with Crippen molar-refractivity contribution in [2.24, 2.45) is 24.1 Å². The molecule has 3 fully saturated rings.